The summed E-state index contributed by atoms with van der Waals surface area (Å²) in [6.45, 7) is 5.51. The van der Waals surface area contributed by atoms with E-state index in [1.807, 2.05) is 67.6 Å². The van der Waals surface area contributed by atoms with E-state index in [1.165, 1.54) is 0 Å². The van der Waals surface area contributed by atoms with Gasteiger partial charge in [-0.2, -0.15) is 0 Å². The normalized spacial score (nSPS) is 11.9. The van der Waals surface area contributed by atoms with Gasteiger partial charge in [0, 0.05) is 12.3 Å². The van der Waals surface area contributed by atoms with Crippen LogP contribution in [0.2, 0.25) is 0 Å². The molecule has 1 aromatic heterocycles. The summed E-state index contributed by atoms with van der Waals surface area (Å²) in [6, 6.07) is 19.6. The lowest BCUT2D eigenvalue weighted by Gasteiger charge is -2.15. The molecule has 2 aromatic carbocycles. The summed E-state index contributed by atoms with van der Waals surface area (Å²) in [5.74, 6) is 3.36. The van der Waals surface area contributed by atoms with Crippen molar-refractivity contribution >= 4 is 11.8 Å². The molecule has 0 amide bonds. The van der Waals surface area contributed by atoms with Crippen LogP contribution in [0.4, 0.5) is 0 Å². The second-order valence-corrected chi connectivity index (χ2v) is 6.73. The number of thioether (sulfide) groups is 1. The molecule has 1 heterocycles. The maximum Gasteiger partial charge on any atom is 0.191 e. The van der Waals surface area contributed by atoms with Gasteiger partial charge in [-0.05, 0) is 38.1 Å². The van der Waals surface area contributed by atoms with Crippen LogP contribution in [0.25, 0.3) is 0 Å². The topological polar surface area (TPSA) is 49.2 Å². The molecule has 5 nitrogen and oxygen atoms in total. The molecule has 0 spiro atoms. The number of hydrogen-bond donors (Lipinski definition) is 0. The van der Waals surface area contributed by atoms with Gasteiger partial charge < -0.3 is 14.0 Å². The van der Waals surface area contributed by atoms with Crippen LogP contribution in [0.1, 0.15) is 25.8 Å². The summed E-state index contributed by atoms with van der Waals surface area (Å²) in [6.07, 6.45) is -0.167. The molecular weight excluding hydrogens is 346 g/mol. The molecule has 1 atom stereocenters. The standard InChI is InChI=1S/C20H23N3O2S/c1-3-23-19(16(2)25-18-12-8-5-9-13-18)21-22-20(23)26-15-14-24-17-10-6-4-7-11-17/h4-13,16H,3,14-15H2,1-2H3/t16-/m1/s1. The van der Waals surface area contributed by atoms with Gasteiger partial charge in [-0.15, -0.1) is 10.2 Å². The first-order valence-electron chi connectivity index (χ1n) is 8.73. The fourth-order valence-corrected chi connectivity index (χ4v) is 3.40. The van der Waals surface area contributed by atoms with Gasteiger partial charge in [0.25, 0.3) is 0 Å². The number of rotatable bonds is 9. The van der Waals surface area contributed by atoms with Crippen molar-refractivity contribution in [1.29, 1.82) is 0 Å². The van der Waals surface area contributed by atoms with Gasteiger partial charge in [0.15, 0.2) is 17.1 Å². The second-order valence-electron chi connectivity index (χ2n) is 5.67. The Morgan fingerprint density at radius 1 is 0.962 bits per heavy atom. The van der Waals surface area contributed by atoms with Crippen LogP contribution in [-0.4, -0.2) is 27.1 Å². The Balaban J connectivity index is 1.57. The maximum absolute atomic E-state index is 5.98. The number of benzene rings is 2. The summed E-state index contributed by atoms with van der Waals surface area (Å²) >= 11 is 1.64. The summed E-state index contributed by atoms with van der Waals surface area (Å²) in [5.41, 5.74) is 0. The smallest absolute Gasteiger partial charge is 0.191 e. The highest BCUT2D eigenvalue weighted by Gasteiger charge is 2.18. The highest BCUT2D eigenvalue weighted by Crippen LogP contribution is 2.24. The number of para-hydroxylation sites is 2. The first-order chi connectivity index (χ1) is 12.8. The second kappa shape index (κ2) is 9.29. The minimum absolute atomic E-state index is 0.167. The van der Waals surface area contributed by atoms with Crippen LogP contribution in [0.3, 0.4) is 0 Å². The Kier molecular flexibility index (Phi) is 6.55. The Hall–Kier alpha value is -2.47. The van der Waals surface area contributed by atoms with Crippen LogP contribution in [-0.2, 0) is 6.54 Å². The van der Waals surface area contributed by atoms with E-state index < -0.39 is 0 Å². The molecule has 3 aromatic rings. The first-order valence-corrected chi connectivity index (χ1v) is 9.72. The lowest BCUT2D eigenvalue weighted by Crippen LogP contribution is -2.12. The third-order valence-electron chi connectivity index (χ3n) is 3.81. The van der Waals surface area contributed by atoms with Gasteiger partial charge in [-0.3, -0.25) is 0 Å². The SMILES string of the molecule is CCn1c(SCCOc2ccccc2)nnc1[C@@H](C)Oc1ccccc1. The van der Waals surface area contributed by atoms with Crippen LogP contribution < -0.4 is 9.47 Å². The molecule has 0 aliphatic carbocycles. The highest BCUT2D eigenvalue weighted by molar-refractivity contribution is 7.99. The van der Waals surface area contributed by atoms with Crippen molar-refractivity contribution < 1.29 is 9.47 Å². The molecular formula is C20H23N3O2S. The lowest BCUT2D eigenvalue weighted by atomic mass is 10.3. The first kappa shape index (κ1) is 18.3. The van der Waals surface area contributed by atoms with Gasteiger partial charge in [0.2, 0.25) is 0 Å². The molecule has 136 valence electrons. The number of hydrogen-bond acceptors (Lipinski definition) is 5. The molecule has 0 unspecified atom stereocenters. The minimum Gasteiger partial charge on any atom is -0.493 e. The molecule has 0 radical (unpaired) electrons. The average Bonchev–Trinajstić information content (AvgIpc) is 3.10. The largest absolute Gasteiger partial charge is 0.493 e. The Morgan fingerprint density at radius 3 is 2.27 bits per heavy atom. The van der Waals surface area contributed by atoms with E-state index in [-0.39, 0.29) is 6.10 Å². The summed E-state index contributed by atoms with van der Waals surface area (Å²) in [4.78, 5) is 0. The van der Waals surface area contributed by atoms with Crippen LogP contribution in [0, 0.1) is 0 Å². The van der Waals surface area contributed by atoms with Crippen molar-refractivity contribution in [1.82, 2.24) is 14.8 Å². The fraction of sp³-hybridized carbons (Fsp3) is 0.300. The Bertz CT molecular complexity index is 793. The molecule has 0 aliphatic heterocycles. The molecule has 0 saturated carbocycles. The van der Waals surface area contributed by atoms with Gasteiger partial charge in [-0.1, -0.05) is 48.2 Å². The van der Waals surface area contributed by atoms with E-state index in [1.54, 1.807) is 11.8 Å². The van der Waals surface area contributed by atoms with E-state index in [2.05, 4.69) is 21.7 Å². The van der Waals surface area contributed by atoms with Crippen molar-refractivity contribution in [2.45, 2.75) is 31.7 Å². The van der Waals surface area contributed by atoms with Gasteiger partial charge >= 0.3 is 0 Å². The number of aromatic nitrogens is 3. The molecule has 26 heavy (non-hydrogen) atoms. The minimum atomic E-state index is -0.167. The van der Waals surface area contributed by atoms with E-state index >= 15 is 0 Å². The molecule has 3 rings (SSSR count). The van der Waals surface area contributed by atoms with E-state index in [9.17, 15) is 0 Å². The number of ether oxygens (including phenoxy) is 2. The summed E-state index contributed by atoms with van der Waals surface area (Å²) < 4.78 is 13.8. The van der Waals surface area contributed by atoms with Gasteiger partial charge in [0.1, 0.15) is 11.5 Å². The van der Waals surface area contributed by atoms with Crippen molar-refractivity contribution in [3.63, 3.8) is 0 Å². The molecule has 0 N–H and O–H groups in total. The number of nitrogens with zero attached hydrogens (tertiary/aromatic N) is 3. The predicted octanol–water partition coefficient (Wildman–Crippen LogP) is 4.61. The Labute approximate surface area is 158 Å². The predicted molar refractivity (Wildman–Crippen MR) is 104 cm³/mol. The fourth-order valence-electron chi connectivity index (χ4n) is 2.57. The highest BCUT2D eigenvalue weighted by atomic mass is 32.2. The van der Waals surface area contributed by atoms with Gasteiger partial charge in [0.05, 0.1) is 6.61 Å². The van der Waals surface area contributed by atoms with Crippen LogP contribution >= 0.6 is 11.8 Å². The Morgan fingerprint density at radius 2 is 1.62 bits per heavy atom. The van der Waals surface area contributed by atoms with Crippen LogP contribution in [0.5, 0.6) is 11.5 Å². The maximum atomic E-state index is 5.98. The van der Waals surface area contributed by atoms with E-state index in [0.29, 0.717) is 6.61 Å². The van der Waals surface area contributed by atoms with Crippen molar-refractivity contribution in [2.75, 3.05) is 12.4 Å². The quantitative estimate of drug-likeness (QED) is 0.407. The van der Waals surface area contributed by atoms with Crippen LogP contribution in [0.15, 0.2) is 65.8 Å². The molecule has 0 fully saturated rings. The molecule has 6 heteroatoms. The molecule has 0 aliphatic rings. The summed E-state index contributed by atoms with van der Waals surface area (Å²) in [5, 5.41) is 9.57. The van der Waals surface area contributed by atoms with E-state index in [0.717, 1.165) is 34.8 Å². The van der Waals surface area contributed by atoms with Crippen molar-refractivity contribution in [3.05, 3.63) is 66.5 Å². The average molecular weight is 369 g/mol. The molecule has 0 saturated heterocycles. The summed E-state index contributed by atoms with van der Waals surface area (Å²) in [7, 11) is 0. The lowest BCUT2D eigenvalue weighted by molar-refractivity contribution is 0.210. The zero-order valence-corrected chi connectivity index (χ0v) is 15.9. The molecule has 0 bridgehead atoms. The van der Waals surface area contributed by atoms with Gasteiger partial charge in [-0.25, -0.2) is 0 Å². The third-order valence-corrected chi connectivity index (χ3v) is 4.74. The third kappa shape index (κ3) is 4.79. The zero-order valence-electron chi connectivity index (χ0n) is 15.0. The van der Waals surface area contributed by atoms with Crippen molar-refractivity contribution in [3.8, 4) is 11.5 Å². The monoisotopic (exact) mass is 369 g/mol. The van der Waals surface area contributed by atoms with Crippen molar-refractivity contribution in [2.24, 2.45) is 0 Å². The van der Waals surface area contributed by atoms with E-state index in [4.69, 9.17) is 9.47 Å². The zero-order chi connectivity index (χ0) is 18.2.